The third kappa shape index (κ3) is 4.70. The molecule has 0 saturated heterocycles. The van der Waals surface area contributed by atoms with Crippen LogP contribution in [0.3, 0.4) is 0 Å². The molecule has 0 atom stereocenters. The van der Waals surface area contributed by atoms with Crippen molar-refractivity contribution in [2.75, 3.05) is 18.5 Å². The third-order valence-corrected chi connectivity index (χ3v) is 3.67. The molecule has 1 aromatic carbocycles. The number of aryl methyl sites for hydroxylation is 1. The van der Waals surface area contributed by atoms with Crippen molar-refractivity contribution in [1.82, 2.24) is 10.2 Å². The number of hydrogen-bond acceptors (Lipinski definition) is 6. The number of aromatic nitrogens is 2. The maximum Gasteiger partial charge on any atom is 0.264 e. The van der Waals surface area contributed by atoms with E-state index in [1.165, 1.54) is 11.3 Å². The maximum atomic E-state index is 11.9. The number of carbonyl (C=O) groups excluding carboxylic acids is 1. The second-order valence-electron chi connectivity index (χ2n) is 4.49. The molecule has 1 amide bonds. The monoisotopic (exact) mass is 321 g/mol. The Morgan fingerprint density at radius 1 is 1.18 bits per heavy atom. The Kier molecular flexibility index (Phi) is 6.14. The van der Waals surface area contributed by atoms with Crippen molar-refractivity contribution in [1.29, 1.82) is 0 Å². The lowest BCUT2D eigenvalue weighted by Gasteiger charge is -2.11. The number of carbonyl (C=O) groups is 1. The highest BCUT2D eigenvalue weighted by Crippen LogP contribution is 2.26. The molecule has 0 aliphatic carbocycles. The number of nitrogens with one attached hydrogen (secondary N) is 1. The van der Waals surface area contributed by atoms with Crippen LogP contribution in [0, 0.1) is 0 Å². The SMILES string of the molecule is CCCOc1ccccc1OCC(=O)Nc1nnc(CC)s1. The first-order valence-electron chi connectivity index (χ1n) is 7.19. The van der Waals surface area contributed by atoms with E-state index in [4.69, 9.17) is 9.47 Å². The van der Waals surface area contributed by atoms with Crippen LogP contribution in [0.1, 0.15) is 25.3 Å². The summed E-state index contributed by atoms with van der Waals surface area (Å²) in [5.41, 5.74) is 0. The molecule has 0 saturated carbocycles. The van der Waals surface area contributed by atoms with Crippen LogP contribution in [-0.2, 0) is 11.2 Å². The number of hydrogen-bond donors (Lipinski definition) is 1. The first kappa shape index (κ1) is 16.2. The van der Waals surface area contributed by atoms with Gasteiger partial charge in [-0.05, 0) is 25.0 Å². The summed E-state index contributed by atoms with van der Waals surface area (Å²) < 4.78 is 11.1. The largest absolute Gasteiger partial charge is 0.490 e. The standard InChI is InChI=1S/C15H19N3O3S/c1-3-9-20-11-7-5-6-8-12(11)21-10-13(19)16-15-18-17-14(4-2)22-15/h5-8H,3-4,9-10H2,1-2H3,(H,16,18,19). The average Bonchev–Trinajstić information content (AvgIpc) is 2.99. The summed E-state index contributed by atoms with van der Waals surface area (Å²) in [6.07, 6.45) is 1.71. The van der Waals surface area contributed by atoms with Gasteiger partial charge < -0.3 is 9.47 Å². The molecule has 0 bridgehead atoms. The second kappa shape index (κ2) is 8.33. The molecule has 2 rings (SSSR count). The Morgan fingerprint density at radius 2 is 1.91 bits per heavy atom. The van der Waals surface area contributed by atoms with Crippen molar-refractivity contribution in [2.45, 2.75) is 26.7 Å². The minimum atomic E-state index is -0.274. The van der Waals surface area contributed by atoms with Gasteiger partial charge in [-0.2, -0.15) is 0 Å². The summed E-state index contributed by atoms with van der Waals surface area (Å²) in [5, 5.41) is 11.9. The molecule has 0 unspecified atom stereocenters. The van der Waals surface area contributed by atoms with Gasteiger partial charge in [0.05, 0.1) is 6.61 Å². The van der Waals surface area contributed by atoms with E-state index in [1.54, 1.807) is 6.07 Å². The summed E-state index contributed by atoms with van der Waals surface area (Å²) in [6, 6.07) is 7.30. The molecule has 0 spiro atoms. The normalized spacial score (nSPS) is 10.3. The zero-order valence-electron chi connectivity index (χ0n) is 12.7. The van der Waals surface area contributed by atoms with Gasteiger partial charge in [-0.1, -0.05) is 37.3 Å². The van der Waals surface area contributed by atoms with Crippen LogP contribution < -0.4 is 14.8 Å². The summed E-state index contributed by atoms with van der Waals surface area (Å²) in [7, 11) is 0. The number of amides is 1. The number of ether oxygens (including phenoxy) is 2. The van der Waals surface area contributed by atoms with Crippen LogP contribution in [0.4, 0.5) is 5.13 Å². The van der Waals surface area contributed by atoms with Crippen LogP contribution >= 0.6 is 11.3 Å². The number of rotatable bonds is 8. The molecule has 22 heavy (non-hydrogen) atoms. The third-order valence-electron chi connectivity index (χ3n) is 2.69. The predicted molar refractivity (Wildman–Crippen MR) is 85.6 cm³/mol. The molecule has 1 aromatic heterocycles. The average molecular weight is 321 g/mol. The number of anilines is 1. The van der Waals surface area contributed by atoms with Gasteiger partial charge in [0.1, 0.15) is 5.01 Å². The van der Waals surface area contributed by atoms with E-state index in [-0.39, 0.29) is 12.5 Å². The molecule has 1 heterocycles. The zero-order chi connectivity index (χ0) is 15.8. The van der Waals surface area contributed by atoms with Crippen LogP contribution in [0.15, 0.2) is 24.3 Å². The van der Waals surface area contributed by atoms with Crippen molar-refractivity contribution in [2.24, 2.45) is 0 Å². The summed E-state index contributed by atoms with van der Waals surface area (Å²) in [5.74, 6) is 0.919. The Bertz CT molecular complexity index is 616. The Labute approximate surface area is 133 Å². The smallest absolute Gasteiger partial charge is 0.264 e. The molecule has 0 aliphatic rings. The molecule has 6 nitrogen and oxygen atoms in total. The zero-order valence-corrected chi connectivity index (χ0v) is 13.5. The fourth-order valence-corrected chi connectivity index (χ4v) is 2.34. The molecule has 0 radical (unpaired) electrons. The lowest BCUT2D eigenvalue weighted by molar-refractivity contribution is -0.118. The van der Waals surface area contributed by atoms with E-state index in [0.717, 1.165) is 17.8 Å². The minimum absolute atomic E-state index is 0.104. The maximum absolute atomic E-state index is 11.9. The number of benzene rings is 1. The fraction of sp³-hybridized carbons (Fsp3) is 0.400. The lowest BCUT2D eigenvalue weighted by Crippen LogP contribution is -2.20. The fourth-order valence-electron chi connectivity index (χ4n) is 1.65. The lowest BCUT2D eigenvalue weighted by atomic mass is 10.3. The van der Waals surface area contributed by atoms with E-state index in [2.05, 4.69) is 15.5 Å². The van der Waals surface area contributed by atoms with E-state index in [9.17, 15) is 4.79 Å². The van der Waals surface area contributed by atoms with Gasteiger partial charge in [-0.15, -0.1) is 10.2 Å². The summed E-state index contributed by atoms with van der Waals surface area (Å²) in [4.78, 5) is 11.9. The summed E-state index contributed by atoms with van der Waals surface area (Å²) in [6.45, 7) is 4.52. The van der Waals surface area contributed by atoms with E-state index in [1.807, 2.05) is 32.0 Å². The van der Waals surface area contributed by atoms with Gasteiger partial charge in [0.25, 0.3) is 5.91 Å². The van der Waals surface area contributed by atoms with Gasteiger partial charge in [-0.25, -0.2) is 0 Å². The number of para-hydroxylation sites is 2. The minimum Gasteiger partial charge on any atom is -0.490 e. The van der Waals surface area contributed by atoms with E-state index in [0.29, 0.717) is 23.2 Å². The van der Waals surface area contributed by atoms with Crippen molar-refractivity contribution >= 4 is 22.4 Å². The first-order chi connectivity index (χ1) is 10.7. The Hall–Kier alpha value is -2.15. The van der Waals surface area contributed by atoms with Crippen molar-refractivity contribution in [3.8, 4) is 11.5 Å². The second-order valence-corrected chi connectivity index (χ2v) is 5.55. The van der Waals surface area contributed by atoms with Gasteiger partial charge in [0.15, 0.2) is 18.1 Å². The predicted octanol–water partition coefficient (Wildman–Crippen LogP) is 2.91. The van der Waals surface area contributed by atoms with Crippen LogP contribution in [0.25, 0.3) is 0 Å². The molecule has 7 heteroatoms. The molecule has 0 aliphatic heterocycles. The van der Waals surface area contributed by atoms with Crippen molar-refractivity contribution < 1.29 is 14.3 Å². The highest BCUT2D eigenvalue weighted by Gasteiger charge is 2.10. The van der Waals surface area contributed by atoms with E-state index < -0.39 is 0 Å². The Morgan fingerprint density at radius 3 is 2.55 bits per heavy atom. The van der Waals surface area contributed by atoms with Crippen molar-refractivity contribution in [3.05, 3.63) is 29.3 Å². The van der Waals surface area contributed by atoms with Gasteiger partial charge in [0.2, 0.25) is 5.13 Å². The highest BCUT2D eigenvalue weighted by atomic mass is 32.1. The summed E-state index contributed by atoms with van der Waals surface area (Å²) >= 11 is 1.36. The molecule has 118 valence electrons. The molecule has 0 fully saturated rings. The molecule has 2 aromatic rings. The van der Waals surface area contributed by atoms with Gasteiger partial charge >= 0.3 is 0 Å². The quantitative estimate of drug-likeness (QED) is 0.809. The van der Waals surface area contributed by atoms with Crippen molar-refractivity contribution in [3.63, 3.8) is 0 Å². The Balaban J connectivity index is 1.88. The van der Waals surface area contributed by atoms with Crippen LogP contribution in [0.2, 0.25) is 0 Å². The molecule has 1 N–H and O–H groups in total. The van der Waals surface area contributed by atoms with Gasteiger partial charge in [-0.3, -0.25) is 10.1 Å². The molecular weight excluding hydrogens is 302 g/mol. The number of nitrogens with zero attached hydrogens (tertiary/aromatic N) is 2. The van der Waals surface area contributed by atoms with E-state index >= 15 is 0 Å². The first-order valence-corrected chi connectivity index (χ1v) is 8.01. The van der Waals surface area contributed by atoms with Crippen LogP contribution in [0.5, 0.6) is 11.5 Å². The molecular formula is C15H19N3O3S. The van der Waals surface area contributed by atoms with Gasteiger partial charge in [0, 0.05) is 0 Å². The highest BCUT2D eigenvalue weighted by molar-refractivity contribution is 7.15. The topological polar surface area (TPSA) is 73.3 Å². The van der Waals surface area contributed by atoms with Crippen LogP contribution in [-0.4, -0.2) is 29.3 Å².